The van der Waals surface area contributed by atoms with Crippen LogP contribution in [0.2, 0.25) is 0 Å². The fraction of sp³-hybridized carbons (Fsp3) is 0.360. The second kappa shape index (κ2) is 11.1. The molecule has 0 saturated heterocycles. The average molecular weight is 510 g/mol. The molecule has 0 fully saturated rings. The number of methoxy groups -OCH3 is 1. The number of rotatable bonds is 10. The van der Waals surface area contributed by atoms with E-state index in [1.54, 1.807) is 25.1 Å². The van der Waals surface area contributed by atoms with Crippen LogP contribution in [0.1, 0.15) is 41.6 Å². The van der Waals surface area contributed by atoms with Crippen LogP contribution in [0.4, 0.5) is 13.2 Å². The number of halogens is 3. The minimum absolute atomic E-state index is 0.145. The number of thiazole rings is 1. The summed E-state index contributed by atoms with van der Waals surface area (Å²) >= 11 is 1.35. The van der Waals surface area contributed by atoms with Crippen molar-refractivity contribution in [3.63, 3.8) is 0 Å². The molecule has 1 aromatic heterocycles. The first-order valence-corrected chi connectivity index (χ1v) is 11.7. The third kappa shape index (κ3) is 6.52. The van der Waals surface area contributed by atoms with Gasteiger partial charge in [-0.05, 0) is 44.5 Å². The van der Waals surface area contributed by atoms with E-state index in [1.807, 2.05) is 13.8 Å². The Labute approximate surface area is 205 Å². The van der Waals surface area contributed by atoms with E-state index in [9.17, 15) is 23.1 Å². The number of alkyl halides is 3. The third-order valence-electron chi connectivity index (χ3n) is 5.28. The van der Waals surface area contributed by atoms with E-state index in [-0.39, 0.29) is 19.1 Å². The van der Waals surface area contributed by atoms with Crippen LogP contribution in [0.25, 0.3) is 10.6 Å². The van der Waals surface area contributed by atoms with Gasteiger partial charge in [-0.3, -0.25) is 0 Å². The highest BCUT2D eigenvalue weighted by atomic mass is 32.1. The van der Waals surface area contributed by atoms with Crippen molar-refractivity contribution >= 4 is 17.3 Å². The van der Waals surface area contributed by atoms with E-state index in [2.05, 4.69) is 4.98 Å². The van der Waals surface area contributed by atoms with E-state index in [0.29, 0.717) is 27.6 Å². The average Bonchev–Trinajstić information content (AvgIpc) is 3.20. The van der Waals surface area contributed by atoms with Gasteiger partial charge in [0.1, 0.15) is 22.6 Å². The molecule has 0 radical (unpaired) electrons. The summed E-state index contributed by atoms with van der Waals surface area (Å²) in [6.45, 7) is 5.69. The maximum atomic E-state index is 12.8. The van der Waals surface area contributed by atoms with Gasteiger partial charge in [0, 0.05) is 24.7 Å². The molecule has 2 aromatic carbocycles. The Balaban J connectivity index is 1.77. The lowest BCUT2D eigenvalue weighted by Crippen LogP contribution is -2.26. The standard InChI is InChI=1S/C25H26F3NO5S/c1-5-33-21(24(30)31)12-17-8-11-19(13-20(17)32-4)34-15(3)22-14(2)29-23(35-22)16-6-9-18(10-7-16)25(26,27)28/h6-11,13,15,21H,5,12H2,1-4H3,(H,30,31)/t15-,21-/m0/s1. The molecule has 2 atom stereocenters. The second-order valence-corrected chi connectivity index (χ2v) is 8.79. The summed E-state index contributed by atoms with van der Waals surface area (Å²) in [4.78, 5) is 16.8. The highest BCUT2D eigenvalue weighted by molar-refractivity contribution is 7.15. The van der Waals surface area contributed by atoms with Crippen LogP contribution in [-0.4, -0.2) is 35.9 Å². The number of ether oxygens (including phenoxy) is 3. The van der Waals surface area contributed by atoms with Crippen LogP contribution >= 0.6 is 11.3 Å². The molecule has 3 rings (SSSR count). The van der Waals surface area contributed by atoms with E-state index in [4.69, 9.17) is 14.2 Å². The molecule has 0 bridgehead atoms. The number of benzene rings is 2. The van der Waals surface area contributed by atoms with Crippen LogP contribution in [0.3, 0.4) is 0 Å². The smallest absolute Gasteiger partial charge is 0.416 e. The first kappa shape index (κ1) is 26.5. The number of aliphatic carboxylic acids is 1. The summed E-state index contributed by atoms with van der Waals surface area (Å²) in [5.74, 6) is -0.0511. The lowest BCUT2D eigenvalue weighted by molar-refractivity contribution is -0.150. The zero-order valence-electron chi connectivity index (χ0n) is 19.7. The highest BCUT2D eigenvalue weighted by Gasteiger charge is 2.30. The number of carboxylic acid groups (broad SMARTS) is 1. The summed E-state index contributed by atoms with van der Waals surface area (Å²) in [7, 11) is 1.49. The van der Waals surface area contributed by atoms with Gasteiger partial charge in [0.25, 0.3) is 0 Å². The maximum Gasteiger partial charge on any atom is 0.416 e. The van der Waals surface area contributed by atoms with E-state index < -0.39 is 23.8 Å². The van der Waals surface area contributed by atoms with Gasteiger partial charge in [-0.25, -0.2) is 9.78 Å². The molecule has 0 spiro atoms. The zero-order valence-corrected chi connectivity index (χ0v) is 20.5. The quantitative estimate of drug-likeness (QED) is 0.345. The second-order valence-electron chi connectivity index (χ2n) is 7.76. The number of aromatic nitrogens is 1. The zero-order chi connectivity index (χ0) is 25.8. The van der Waals surface area contributed by atoms with Crippen molar-refractivity contribution in [2.75, 3.05) is 13.7 Å². The molecule has 6 nitrogen and oxygen atoms in total. The lowest BCUT2D eigenvalue weighted by Gasteiger charge is -2.18. The lowest BCUT2D eigenvalue weighted by atomic mass is 10.1. The van der Waals surface area contributed by atoms with Crippen molar-refractivity contribution < 1.29 is 37.3 Å². The molecule has 1 heterocycles. The summed E-state index contributed by atoms with van der Waals surface area (Å²) in [6.07, 6.45) is -5.62. The predicted molar refractivity (Wildman–Crippen MR) is 126 cm³/mol. The molecular weight excluding hydrogens is 483 g/mol. The maximum absolute atomic E-state index is 12.8. The Morgan fingerprint density at radius 2 is 1.86 bits per heavy atom. The van der Waals surface area contributed by atoms with E-state index in [1.165, 1.54) is 30.6 Å². The Hall–Kier alpha value is -3.11. The monoisotopic (exact) mass is 509 g/mol. The summed E-state index contributed by atoms with van der Waals surface area (Å²) in [5, 5.41) is 9.95. The van der Waals surface area contributed by atoms with Crippen molar-refractivity contribution in [3.8, 4) is 22.1 Å². The van der Waals surface area contributed by atoms with Crippen LogP contribution in [0.15, 0.2) is 42.5 Å². The molecular formula is C25H26F3NO5S. The van der Waals surface area contributed by atoms with Crippen LogP contribution < -0.4 is 9.47 Å². The number of carbonyl (C=O) groups is 1. The van der Waals surface area contributed by atoms with Gasteiger partial charge in [-0.2, -0.15) is 13.2 Å². The Kier molecular flexibility index (Phi) is 8.39. The molecule has 0 aliphatic carbocycles. The molecule has 0 aliphatic heterocycles. The number of carboxylic acids is 1. The van der Waals surface area contributed by atoms with Gasteiger partial charge < -0.3 is 19.3 Å². The molecule has 10 heteroatoms. The van der Waals surface area contributed by atoms with Crippen molar-refractivity contribution in [2.24, 2.45) is 0 Å². The molecule has 3 aromatic rings. The van der Waals surface area contributed by atoms with Gasteiger partial charge in [0.05, 0.1) is 23.2 Å². The number of nitrogens with zero attached hydrogens (tertiary/aromatic N) is 1. The summed E-state index contributed by atoms with van der Waals surface area (Å²) < 4.78 is 55.3. The van der Waals surface area contributed by atoms with Crippen molar-refractivity contribution in [1.82, 2.24) is 4.98 Å². The fourth-order valence-corrected chi connectivity index (χ4v) is 4.61. The van der Waals surface area contributed by atoms with Gasteiger partial charge in [-0.1, -0.05) is 18.2 Å². The van der Waals surface area contributed by atoms with E-state index in [0.717, 1.165) is 22.7 Å². The van der Waals surface area contributed by atoms with Crippen LogP contribution in [-0.2, 0) is 22.1 Å². The molecule has 0 aliphatic rings. The van der Waals surface area contributed by atoms with Crippen LogP contribution in [0, 0.1) is 6.92 Å². The first-order valence-electron chi connectivity index (χ1n) is 10.9. The van der Waals surface area contributed by atoms with Crippen LogP contribution in [0.5, 0.6) is 11.5 Å². The first-order chi connectivity index (χ1) is 16.5. The topological polar surface area (TPSA) is 77.9 Å². The molecule has 35 heavy (non-hydrogen) atoms. The van der Waals surface area contributed by atoms with Crippen molar-refractivity contribution in [2.45, 2.75) is 45.6 Å². The minimum Gasteiger partial charge on any atom is -0.496 e. The van der Waals surface area contributed by atoms with E-state index >= 15 is 0 Å². The molecule has 1 N–H and O–H groups in total. The van der Waals surface area contributed by atoms with Gasteiger partial charge in [0.2, 0.25) is 0 Å². The Morgan fingerprint density at radius 1 is 1.17 bits per heavy atom. The summed E-state index contributed by atoms with van der Waals surface area (Å²) in [5.41, 5.74) is 1.28. The predicted octanol–water partition coefficient (Wildman–Crippen LogP) is 6.32. The van der Waals surface area contributed by atoms with Gasteiger partial charge in [-0.15, -0.1) is 11.3 Å². The Bertz CT molecular complexity index is 1160. The highest BCUT2D eigenvalue weighted by Crippen LogP contribution is 2.37. The van der Waals surface area contributed by atoms with Gasteiger partial charge >= 0.3 is 12.1 Å². The number of hydrogen-bond donors (Lipinski definition) is 1. The van der Waals surface area contributed by atoms with Crippen molar-refractivity contribution in [3.05, 3.63) is 64.2 Å². The molecule has 188 valence electrons. The SMILES string of the molecule is CCO[C@@H](Cc1ccc(O[C@@H](C)c2sc(-c3ccc(C(F)(F)F)cc3)nc2C)cc1OC)C(=O)O. The molecule has 0 amide bonds. The molecule has 0 saturated carbocycles. The minimum atomic E-state index is -4.39. The summed E-state index contributed by atoms with van der Waals surface area (Å²) in [6, 6.07) is 10.1. The largest absolute Gasteiger partial charge is 0.496 e. The molecule has 0 unspecified atom stereocenters. The number of aryl methyl sites for hydroxylation is 1. The fourth-order valence-electron chi connectivity index (χ4n) is 3.55. The van der Waals surface area contributed by atoms with Crippen molar-refractivity contribution in [1.29, 1.82) is 0 Å². The normalized spacial score (nSPS) is 13.3. The third-order valence-corrected chi connectivity index (χ3v) is 6.65. The Morgan fingerprint density at radius 3 is 2.43 bits per heavy atom. The van der Waals surface area contributed by atoms with Gasteiger partial charge in [0.15, 0.2) is 6.10 Å². The number of hydrogen-bond acceptors (Lipinski definition) is 6.